The molecule has 2 nitrogen and oxygen atoms in total. The first-order chi connectivity index (χ1) is 5.13. The molecule has 0 amide bonds. The van der Waals surface area contributed by atoms with Crippen molar-refractivity contribution >= 4 is 5.78 Å². The lowest BCUT2D eigenvalue weighted by atomic mass is 9.90. The number of carbonyl (C=O) groups excluding carboxylic acids is 1. The van der Waals surface area contributed by atoms with E-state index in [1.165, 1.54) is 19.3 Å². The van der Waals surface area contributed by atoms with Gasteiger partial charge in [-0.3, -0.25) is 9.69 Å². The molecule has 1 rings (SSSR count). The lowest BCUT2D eigenvalue weighted by Crippen LogP contribution is -2.45. The predicted molar refractivity (Wildman–Crippen MR) is 45.5 cm³/mol. The third-order valence-corrected chi connectivity index (χ3v) is 2.85. The molecule has 0 aliphatic heterocycles. The Morgan fingerprint density at radius 1 is 1.55 bits per heavy atom. The predicted octanol–water partition coefficient (Wildman–Crippen LogP) is 1.45. The smallest absolute Gasteiger partial charge is 0.146 e. The lowest BCUT2D eigenvalue weighted by Gasteiger charge is -2.37. The minimum absolute atomic E-state index is 0.111. The fraction of sp³-hybridized carbons (Fsp3) is 0.889. The second kappa shape index (κ2) is 3.35. The van der Waals surface area contributed by atoms with Gasteiger partial charge >= 0.3 is 0 Å². The zero-order chi connectivity index (χ0) is 8.43. The SMILES string of the molecule is CC(=O)C(C)N(C)C1CCC1. The topological polar surface area (TPSA) is 20.3 Å². The van der Waals surface area contributed by atoms with Crippen molar-refractivity contribution in [3.8, 4) is 0 Å². The first-order valence-corrected chi connectivity index (χ1v) is 4.35. The molecule has 1 aliphatic rings. The summed E-state index contributed by atoms with van der Waals surface area (Å²) in [6, 6.07) is 0.786. The first-order valence-electron chi connectivity index (χ1n) is 4.35. The molecule has 64 valence electrons. The van der Waals surface area contributed by atoms with Crippen LogP contribution in [0, 0.1) is 0 Å². The molecular formula is C9H17NO. The van der Waals surface area contributed by atoms with Crippen molar-refractivity contribution in [1.29, 1.82) is 0 Å². The Bertz CT molecular complexity index is 152. The van der Waals surface area contributed by atoms with E-state index in [9.17, 15) is 4.79 Å². The van der Waals surface area contributed by atoms with Crippen molar-refractivity contribution in [2.24, 2.45) is 0 Å². The Morgan fingerprint density at radius 2 is 2.09 bits per heavy atom. The van der Waals surface area contributed by atoms with Crippen molar-refractivity contribution in [2.45, 2.75) is 45.2 Å². The van der Waals surface area contributed by atoms with Crippen LogP contribution in [0.1, 0.15) is 33.1 Å². The van der Waals surface area contributed by atoms with Crippen LogP contribution in [0.3, 0.4) is 0 Å². The van der Waals surface area contributed by atoms with Crippen LogP contribution in [0.25, 0.3) is 0 Å². The van der Waals surface area contributed by atoms with Gasteiger partial charge in [0.15, 0.2) is 0 Å². The van der Waals surface area contributed by atoms with E-state index in [-0.39, 0.29) is 11.8 Å². The van der Waals surface area contributed by atoms with Crippen molar-refractivity contribution in [2.75, 3.05) is 7.05 Å². The molecular weight excluding hydrogens is 138 g/mol. The zero-order valence-corrected chi connectivity index (χ0v) is 7.63. The average Bonchev–Trinajstić information content (AvgIpc) is 1.82. The van der Waals surface area contributed by atoms with E-state index in [0.29, 0.717) is 6.04 Å². The molecule has 0 aromatic rings. The molecule has 1 fully saturated rings. The molecule has 1 aliphatic carbocycles. The molecule has 0 N–H and O–H groups in total. The molecule has 0 saturated heterocycles. The van der Waals surface area contributed by atoms with Crippen LogP contribution in [0.15, 0.2) is 0 Å². The Labute approximate surface area is 68.6 Å². The van der Waals surface area contributed by atoms with E-state index in [1.807, 2.05) is 6.92 Å². The number of likely N-dealkylation sites (N-methyl/N-ethyl adjacent to an activating group) is 1. The average molecular weight is 155 g/mol. The number of carbonyl (C=O) groups is 1. The molecule has 2 heteroatoms. The van der Waals surface area contributed by atoms with Gasteiger partial charge in [-0.15, -0.1) is 0 Å². The largest absolute Gasteiger partial charge is 0.298 e. The highest BCUT2D eigenvalue weighted by molar-refractivity contribution is 5.80. The summed E-state index contributed by atoms with van der Waals surface area (Å²) in [5, 5.41) is 0. The van der Waals surface area contributed by atoms with Crippen LogP contribution in [-0.4, -0.2) is 29.8 Å². The van der Waals surface area contributed by atoms with Crippen molar-refractivity contribution in [3.05, 3.63) is 0 Å². The first kappa shape index (κ1) is 8.72. The molecule has 0 aromatic carbocycles. The summed E-state index contributed by atoms with van der Waals surface area (Å²) < 4.78 is 0. The van der Waals surface area contributed by atoms with Gasteiger partial charge in [0.2, 0.25) is 0 Å². The minimum Gasteiger partial charge on any atom is -0.298 e. The van der Waals surface area contributed by atoms with Gasteiger partial charge < -0.3 is 0 Å². The summed E-state index contributed by atoms with van der Waals surface area (Å²) in [5.41, 5.74) is 0. The Kier molecular flexibility index (Phi) is 2.66. The number of Topliss-reactive ketones (excluding diaryl/α,β-unsaturated/α-hetero) is 1. The summed E-state index contributed by atoms with van der Waals surface area (Å²) in [5.74, 6) is 0.277. The van der Waals surface area contributed by atoms with Gasteiger partial charge in [-0.05, 0) is 33.7 Å². The van der Waals surface area contributed by atoms with E-state index in [1.54, 1.807) is 6.92 Å². The van der Waals surface area contributed by atoms with E-state index in [4.69, 9.17) is 0 Å². The van der Waals surface area contributed by atoms with Crippen LogP contribution in [0.5, 0.6) is 0 Å². The summed E-state index contributed by atoms with van der Waals surface area (Å²) in [6.45, 7) is 3.65. The summed E-state index contributed by atoms with van der Waals surface area (Å²) in [6.07, 6.45) is 3.88. The fourth-order valence-electron chi connectivity index (χ4n) is 1.40. The molecule has 0 heterocycles. The lowest BCUT2D eigenvalue weighted by molar-refractivity contribution is -0.122. The van der Waals surface area contributed by atoms with Crippen molar-refractivity contribution < 1.29 is 4.79 Å². The maximum atomic E-state index is 11.0. The molecule has 1 saturated carbocycles. The van der Waals surface area contributed by atoms with Gasteiger partial charge in [0.05, 0.1) is 6.04 Å². The van der Waals surface area contributed by atoms with E-state index < -0.39 is 0 Å². The number of rotatable bonds is 3. The number of nitrogens with zero attached hydrogens (tertiary/aromatic N) is 1. The standard InChI is InChI=1S/C9H17NO/c1-7(8(2)11)10(3)9-5-4-6-9/h7,9H,4-6H2,1-3H3. The van der Waals surface area contributed by atoms with Crippen LogP contribution < -0.4 is 0 Å². The van der Waals surface area contributed by atoms with E-state index in [2.05, 4.69) is 11.9 Å². The van der Waals surface area contributed by atoms with Gasteiger partial charge in [-0.25, -0.2) is 0 Å². The molecule has 1 unspecified atom stereocenters. The molecule has 0 aromatic heterocycles. The van der Waals surface area contributed by atoms with Crippen molar-refractivity contribution in [3.63, 3.8) is 0 Å². The second-order valence-electron chi connectivity index (χ2n) is 3.54. The van der Waals surface area contributed by atoms with E-state index in [0.717, 1.165) is 0 Å². The number of hydrogen-bond acceptors (Lipinski definition) is 2. The maximum Gasteiger partial charge on any atom is 0.146 e. The Morgan fingerprint density at radius 3 is 2.36 bits per heavy atom. The third-order valence-electron chi connectivity index (χ3n) is 2.85. The third kappa shape index (κ3) is 1.80. The van der Waals surface area contributed by atoms with Gasteiger partial charge in [-0.2, -0.15) is 0 Å². The van der Waals surface area contributed by atoms with Crippen LogP contribution >= 0.6 is 0 Å². The highest BCUT2D eigenvalue weighted by atomic mass is 16.1. The van der Waals surface area contributed by atoms with Crippen LogP contribution in [0.4, 0.5) is 0 Å². The minimum atomic E-state index is 0.111. The summed E-state index contributed by atoms with van der Waals surface area (Å²) >= 11 is 0. The van der Waals surface area contributed by atoms with Gasteiger partial charge in [0.25, 0.3) is 0 Å². The quantitative estimate of drug-likeness (QED) is 0.614. The second-order valence-corrected chi connectivity index (χ2v) is 3.54. The Hall–Kier alpha value is -0.370. The van der Waals surface area contributed by atoms with Crippen molar-refractivity contribution in [1.82, 2.24) is 4.90 Å². The molecule has 0 bridgehead atoms. The van der Waals surface area contributed by atoms with Gasteiger partial charge in [-0.1, -0.05) is 6.42 Å². The normalized spacial score (nSPS) is 21.5. The maximum absolute atomic E-state index is 11.0. The summed E-state index contributed by atoms with van der Waals surface area (Å²) in [4.78, 5) is 13.2. The zero-order valence-electron chi connectivity index (χ0n) is 7.63. The van der Waals surface area contributed by atoms with Crippen LogP contribution in [0.2, 0.25) is 0 Å². The highest BCUT2D eigenvalue weighted by Crippen LogP contribution is 2.24. The number of ketones is 1. The fourth-order valence-corrected chi connectivity index (χ4v) is 1.40. The Balaban J connectivity index is 2.38. The van der Waals surface area contributed by atoms with E-state index >= 15 is 0 Å². The van der Waals surface area contributed by atoms with Crippen LogP contribution in [-0.2, 0) is 4.79 Å². The van der Waals surface area contributed by atoms with Gasteiger partial charge in [0, 0.05) is 6.04 Å². The summed E-state index contributed by atoms with van der Waals surface area (Å²) in [7, 11) is 2.05. The molecule has 0 radical (unpaired) electrons. The molecule has 11 heavy (non-hydrogen) atoms. The van der Waals surface area contributed by atoms with Gasteiger partial charge in [0.1, 0.15) is 5.78 Å². The highest BCUT2D eigenvalue weighted by Gasteiger charge is 2.26. The monoisotopic (exact) mass is 155 g/mol. The molecule has 1 atom stereocenters. The number of hydrogen-bond donors (Lipinski definition) is 0. The molecule has 0 spiro atoms.